The maximum absolute atomic E-state index is 10.0. The van der Waals surface area contributed by atoms with Crippen LogP contribution in [0.2, 0.25) is 5.02 Å². The third-order valence-corrected chi connectivity index (χ3v) is 3.37. The van der Waals surface area contributed by atoms with Gasteiger partial charge in [-0.05, 0) is 18.3 Å². The topological polar surface area (TPSA) is 47.3 Å². The van der Waals surface area contributed by atoms with Gasteiger partial charge in [0.2, 0.25) is 0 Å². The van der Waals surface area contributed by atoms with Crippen LogP contribution < -0.4 is 0 Å². The summed E-state index contributed by atoms with van der Waals surface area (Å²) >= 11 is 6.12. The van der Waals surface area contributed by atoms with Crippen LogP contribution in [0.4, 0.5) is 0 Å². The van der Waals surface area contributed by atoms with Gasteiger partial charge in [0.05, 0.1) is 36.2 Å². The van der Waals surface area contributed by atoms with Crippen molar-refractivity contribution in [2.45, 2.75) is 46.3 Å². The summed E-state index contributed by atoms with van der Waals surface area (Å²) in [6.07, 6.45) is 2.71. The summed E-state index contributed by atoms with van der Waals surface area (Å²) in [4.78, 5) is 0. The number of halogens is 1. The third kappa shape index (κ3) is 4.26. The number of aliphatic hydroxyl groups excluding tert-OH is 1. The number of methoxy groups -OCH3 is 1. The van der Waals surface area contributed by atoms with E-state index in [4.69, 9.17) is 16.3 Å². The van der Waals surface area contributed by atoms with Gasteiger partial charge in [0.25, 0.3) is 0 Å². The molecule has 1 heterocycles. The summed E-state index contributed by atoms with van der Waals surface area (Å²) in [5.74, 6) is 0. The first kappa shape index (κ1) is 15.5. The Labute approximate surface area is 114 Å². The highest BCUT2D eigenvalue weighted by Gasteiger charge is 2.22. The molecule has 0 aliphatic heterocycles. The Morgan fingerprint density at radius 3 is 2.72 bits per heavy atom. The van der Waals surface area contributed by atoms with Gasteiger partial charge in [0.15, 0.2) is 0 Å². The van der Waals surface area contributed by atoms with E-state index in [2.05, 4.69) is 5.10 Å². The van der Waals surface area contributed by atoms with Gasteiger partial charge < -0.3 is 9.84 Å². The lowest BCUT2D eigenvalue weighted by Gasteiger charge is -2.25. The molecule has 18 heavy (non-hydrogen) atoms. The minimum absolute atomic E-state index is 0.107. The Morgan fingerprint density at radius 2 is 2.17 bits per heavy atom. The monoisotopic (exact) mass is 274 g/mol. The van der Waals surface area contributed by atoms with E-state index in [1.54, 1.807) is 13.3 Å². The van der Waals surface area contributed by atoms with Crippen molar-refractivity contribution in [1.29, 1.82) is 0 Å². The van der Waals surface area contributed by atoms with Crippen LogP contribution in [0.5, 0.6) is 0 Å². The normalized spacial score (nSPS) is 13.9. The van der Waals surface area contributed by atoms with Crippen LogP contribution in [-0.4, -0.2) is 34.7 Å². The van der Waals surface area contributed by atoms with Crippen molar-refractivity contribution in [3.63, 3.8) is 0 Å². The van der Waals surface area contributed by atoms with Gasteiger partial charge in [-0.3, -0.25) is 4.68 Å². The van der Waals surface area contributed by atoms with Crippen molar-refractivity contribution < 1.29 is 9.84 Å². The van der Waals surface area contributed by atoms with Gasteiger partial charge in [-0.1, -0.05) is 32.4 Å². The fraction of sp³-hybridized carbons (Fsp3) is 0.769. The fourth-order valence-corrected chi connectivity index (χ4v) is 1.95. The molecule has 0 aromatic carbocycles. The van der Waals surface area contributed by atoms with E-state index in [9.17, 15) is 5.11 Å². The van der Waals surface area contributed by atoms with Crippen molar-refractivity contribution in [3.05, 3.63) is 16.9 Å². The molecule has 0 amide bonds. The highest BCUT2D eigenvalue weighted by Crippen LogP contribution is 2.25. The van der Waals surface area contributed by atoms with Crippen molar-refractivity contribution in [2.75, 3.05) is 13.7 Å². The van der Waals surface area contributed by atoms with Gasteiger partial charge in [0, 0.05) is 7.11 Å². The summed E-state index contributed by atoms with van der Waals surface area (Å²) in [6, 6.07) is 0. The molecular formula is C13H23ClN2O2. The van der Waals surface area contributed by atoms with Crippen molar-refractivity contribution in [1.82, 2.24) is 9.78 Å². The van der Waals surface area contributed by atoms with E-state index in [0.717, 1.165) is 12.1 Å². The highest BCUT2D eigenvalue weighted by molar-refractivity contribution is 6.31. The zero-order chi connectivity index (χ0) is 13.8. The molecule has 0 saturated heterocycles. The molecule has 1 N–H and O–H groups in total. The predicted molar refractivity (Wildman–Crippen MR) is 72.9 cm³/mol. The number of aromatic nitrogens is 2. The largest absolute Gasteiger partial charge is 0.393 e. The zero-order valence-corrected chi connectivity index (χ0v) is 12.4. The number of ether oxygens (including phenoxy) is 1. The molecule has 1 atom stereocenters. The third-order valence-electron chi connectivity index (χ3n) is 3.06. The van der Waals surface area contributed by atoms with Gasteiger partial charge in [-0.2, -0.15) is 5.10 Å². The Hall–Kier alpha value is -0.580. The van der Waals surface area contributed by atoms with Crippen LogP contribution in [0.1, 0.15) is 32.9 Å². The number of hydrogen-bond donors (Lipinski definition) is 1. The molecule has 0 aliphatic rings. The van der Waals surface area contributed by atoms with Crippen LogP contribution >= 0.6 is 11.6 Å². The lowest BCUT2D eigenvalue weighted by atomic mass is 9.86. The lowest BCUT2D eigenvalue weighted by Crippen LogP contribution is -2.26. The Balaban J connectivity index is 2.63. The fourth-order valence-electron chi connectivity index (χ4n) is 1.71. The Morgan fingerprint density at radius 1 is 1.50 bits per heavy atom. The first-order valence-corrected chi connectivity index (χ1v) is 6.61. The second kappa shape index (κ2) is 6.55. The molecule has 0 spiro atoms. The molecular weight excluding hydrogens is 252 g/mol. The van der Waals surface area contributed by atoms with Crippen LogP contribution in [0, 0.1) is 5.41 Å². The Kier molecular flexibility index (Phi) is 5.63. The van der Waals surface area contributed by atoms with E-state index in [-0.39, 0.29) is 11.5 Å². The lowest BCUT2D eigenvalue weighted by molar-refractivity contribution is 0.0554. The number of rotatable bonds is 6. The minimum Gasteiger partial charge on any atom is -0.393 e. The Bertz CT molecular complexity index is 372. The van der Waals surface area contributed by atoms with Crippen LogP contribution in [0.25, 0.3) is 0 Å². The molecule has 0 aliphatic carbocycles. The van der Waals surface area contributed by atoms with Gasteiger partial charge >= 0.3 is 0 Å². The van der Waals surface area contributed by atoms with Crippen LogP contribution in [-0.2, 0) is 17.7 Å². The zero-order valence-electron chi connectivity index (χ0n) is 11.6. The van der Waals surface area contributed by atoms with Gasteiger partial charge in [0.1, 0.15) is 0 Å². The van der Waals surface area contributed by atoms with Crippen LogP contribution in [0.3, 0.4) is 0 Å². The number of aliphatic hydroxyl groups is 1. The van der Waals surface area contributed by atoms with Crippen molar-refractivity contribution in [3.8, 4) is 0 Å². The molecule has 1 rings (SSSR count). The van der Waals surface area contributed by atoms with Gasteiger partial charge in [-0.15, -0.1) is 0 Å². The molecule has 104 valence electrons. The molecule has 1 aromatic heterocycles. The van der Waals surface area contributed by atoms with Crippen molar-refractivity contribution >= 4 is 11.6 Å². The summed E-state index contributed by atoms with van der Waals surface area (Å²) in [5.41, 5.74) is 0.862. The molecule has 5 heteroatoms. The van der Waals surface area contributed by atoms with E-state index in [1.807, 2.05) is 25.5 Å². The average molecular weight is 275 g/mol. The SMILES string of the molecule is COCCn1ncc(Cl)c1CCC(O)C(C)(C)C. The number of nitrogens with zero attached hydrogens (tertiary/aromatic N) is 2. The minimum atomic E-state index is -0.348. The average Bonchev–Trinajstić information content (AvgIpc) is 2.63. The summed E-state index contributed by atoms with van der Waals surface area (Å²) in [7, 11) is 1.66. The van der Waals surface area contributed by atoms with Crippen molar-refractivity contribution in [2.24, 2.45) is 5.41 Å². The maximum atomic E-state index is 10.0. The summed E-state index contributed by atoms with van der Waals surface area (Å²) in [6.45, 7) is 7.38. The van der Waals surface area contributed by atoms with E-state index < -0.39 is 0 Å². The second-order valence-electron chi connectivity index (χ2n) is 5.58. The molecule has 1 unspecified atom stereocenters. The molecule has 0 radical (unpaired) electrons. The smallest absolute Gasteiger partial charge is 0.0817 e. The first-order chi connectivity index (χ1) is 8.36. The maximum Gasteiger partial charge on any atom is 0.0817 e. The molecule has 1 aromatic rings. The quantitative estimate of drug-likeness (QED) is 0.867. The molecule has 4 nitrogen and oxygen atoms in total. The summed E-state index contributed by atoms with van der Waals surface area (Å²) < 4.78 is 6.88. The summed E-state index contributed by atoms with van der Waals surface area (Å²) in [5, 5.41) is 14.9. The molecule has 0 saturated carbocycles. The highest BCUT2D eigenvalue weighted by atomic mass is 35.5. The van der Waals surface area contributed by atoms with E-state index in [0.29, 0.717) is 24.6 Å². The second-order valence-corrected chi connectivity index (χ2v) is 5.98. The van der Waals surface area contributed by atoms with Gasteiger partial charge in [-0.25, -0.2) is 0 Å². The van der Waals surface area contributed by atoms with E-state index in [1.165, 1.54) is 0 Å². The molecule has 0 bridgehead atoms. The first-order valence-electron chi connectivity index (χ1n) is 6.23. The predicted octanol–water partition coefficient (Wildman–Crippen LogP) is 2.52. The van der Waals surface area contributed by atoms with Crippen LogP contribution in [0.15, 0.2) is 6.20 Å². The standard InChI is InChI=1S/C13H23ClN2O2/c1-13(2,3)12(17)6-5-11-10(14)9-15-16(11)7-8-18-4/h9,12,17H,5-8H2,1-4H3. The number of hydrogen-bond acceptors (Lipinski definition) is 3. The van der Waals surface area contributed by atoms with E-state index >= 15 is 0 Å². The molecule has 0 fully saturated rings.